The molecule has 7 N–H and O–H groups in total. The Balaban J connectivity index is 2.94. The van der Waals surface area contributed by atoms with E-state index in [-0.39, 0.29) is 19.0 Å². The van der Waals surface area contributed by atoms with Crippen LogP contribution in [-0.4, -0.2) is 51.2 Å². The Morgan fingerprint density at radius 2 is 1.40 bits per heavy atom. The monoisotopic (exact) mass is 356 g/mol. The van der Waals surface area contributed by atoms with Gasteiger partial charge in [0, 0.05) is 13.1 Å². The molecule has 0 heterocycles. The Kier molecular flexibility index (Phi) is 10.6. The zero-order chi connectivity index (χ0) is 18.7. The third-order valence-corrected chi connectivity index (χ3v) is 4.10. The van der Waals surface area contributed by atoms with E-state index in [1.54, 1.807) is 12.1 Å². The minimum absolute atomic E-state index is 0.0999. The summed E-state index contributed by atoms with van der Waals surface area (Å²) in [6, 6.07) is 3.30. The van der Waals surface area contributed by atoms with Crippen molar-refractivity contribution in [3.05, 3.63) is 28.8 Å². The van der Waals surface area contributed by atoms with Crippen LogP contribution in [0.2, 0.25) is 0 Å². The smallest absolute Gasteiger partial charge is 0.128 e. The van der Waals surface area contributed by atoms with Crippen LogP contribution in [0.25, 0.3) is 0 Å². The zero-order valence-electron chi connectivity index (χ0n) is 14.9. The molecule has 0 spiro atoms. The van der Waals surface area contributed by atoms with E-state index in [9.17, 15) is 15.3 Å². The van der Waals surface area contributed by atoms with Crippen molar-refractivity contribution in [1.82, 2.24) is 10.6 Å². The molecule has 2 unspecified atom stereocenters. The van der Waals surface area contributed by atoms with E-state index in [4.69, 9.17) is 10.2 Å². The number of aliphatic hydroxyl groups is 4. The van der Waals surface area contributed by atoms with Crippen LogP contribution in [0.3, 0.4) is 0 Å². The second kappa shape index (κ2) is 12.2. The summed E-state index contributed by atoms with van der Waals surface area (Å²) in [6.07, 6.45) is 3.19. The average molecular weight is 356 g/mol. The maximum atomic E-state index is 9.99. The van der Waals surface area contributed by atoms with Gasteiger partial charge in [0.05, 0.1) is 13.2 Å². The molecule has 1 aromatic carbocycles. The van der Waals surface area contributed by atoms with Crippen LogP contribution in [0.4, 0.5) is 0 Å². The number of rotatable bonds is 13. The van der Waals surface area contributed by atoms with Crippen LogP contribution < -0.4 is 10.6 Å². The molecule has 25 heavy (non-hydrogen) atoms. The van der Waals surface area contributed by atoms with Crippen molar-refractivity contribution in [3.8, 4) is 5.75 Å². The molecule has 0 aliphatic rings. The topological polar surface area (TPSA) is 125 Å². The molecule has 1 aromatic rings. The van der Waals surface area contributed by atoms with E-state index in [2.05, 4.69) is 17.6 Å². The van der Waals surface area contributed by atoms with Crippen LogP contribution >= 0.6 is 0 Å². The van der Waals surface area contributed by atoms with Crippen LogP contribution in [0.5, 0.6) is 5.75 Å². The Hall–Kier alpha value is -1.22. The second-order valence-electron chi connectivity index (χ2n) is 6.21. The molecule has 0 radical (unpaired) electrons. The molecule has 144 valence electrons. The minimum Gasteiger partial charge on any atom is -0.508 e. The lowest BCUT2D eigenvalue weighted by Gasteiger charge is -2.19. The molecule has 7 heteroatoms. The number of aromatic hydroxyl groups is 1. The Morgan fingerprint density at radius 1 is 0.880 bits per heavy atom. The predicted molar refractivity (Wildman–Crippen MR) is 95.8 cm³/mol. The lowest BCUT2D eigenvalue weighted by atomic mass is 9.94. The summed E-state index contributed by atoms with van der Waals surface area (Å²) in [6.45, 7) is 2.00. The zero-order valence-corrected chi connectivity index (χ0v) is 14.9. The van der Waals surface area contributed by atoms with E-state index in [0.29, 0.717) is 13.1 Å². The predicted octanol–water partition coefficient (Wildman–Crippen LogP) is 0.316. The van der Waals surface area contributed by atoms with Gasteiger partial charge in [-0.1, -0.05) is 26.2 Å². The lowest BCUT2D eigenvalue weighted by Crippen LogP contribution is -2.33. The number of hydrogen-bond acceptors (Lipinski definition) is 7. The molecule has 0 saturated carbocycles. The second-order valence-corrected chi connectivity index (χ2v) is 6.21. The number of unbranched alkanes of at least 4 members (excludes halogenated alkanes) is 3. The van der Waals surface area contributed by atoms with Gasteiger partial charge in [0.1, 0.15) is 18.2 Å². The first-order chi connectivity index (χ1) is 12.0. The summed E-state index contributed by atoms with van der Waals surface area (Å²) in [5.74, 6) is 0.0999. The summed E-state index contributed by atoms with van der Waals surface area (Å²) in [5.41, 5.74) is 2.74. The van der Waals surface area contributed by atoms with Crippen molar-refractivity contribution in [1.29, 1.82) is 0 Å². The summed E-state index contributed by atoms with van der Waals surface area (Å²) < 4.78 is 0. The fourth-order valence-corrected chi connectivity index (χ4v) is 2.73. The minimum atomic E-state index is -1.02. The van der Waals surface area contributed by atoms with Gasteiger partial charge in [-0.2, -0.15) is 0 Å². The van der Waals surface area contributed by atoms with Gasteiger partial charge in [-0.15, -0.1) is 0 Å². The van der Waals surface area contributed by atoms with Crippen molar-refractivity contribution >= 4 is 0 Å². The molecule has 0 fully saturated rings. The third-order valence-electron chi connectivity index (χ3n) is 4.10. The van der Waals surface area contributed by atoms with Crippen LogP contribution in [0.1, 0.15) is 49.3 Å². The van der Waals surface area contributed by atoms with E-state index in [1.807, 2.05) is 0 Å². The third kappa shape index (κ3) is 8.13. The fraction of sp³-hybridized carbons (Fsp3) is 0.667. The molecule has 1 rings (SSSR count). The number of hydrogen-bond donors (Lipinski definition) is 7. The fourth-order valence-electron chi connectivity index (χ4n) is 2.73. The van der Waals surface area contributed by atoms with Gasteiger partial charge in [0.15, 0.2) is 0 Å². The maximum absolute atomic E-state index is 9.99. The molecule has 0 saturated heterocycles. The van der Waals surface area contributed by atoms with Crippen LogP contribution in [0, 0.1) is 0 Å². The average Bonchev–Trinajstić information content (AvgIpc) is 2.62. The van der Waals surface area contributed by atoms with Gasteiger partial charge in [-0.3, -0.25) is 10.6 Å². The highest BCUT2D eigenvalue weighted by atomic mass is 16.3. The molecule has 0 aliphatic carbocycles. The van der Waals surface area contributed by atoms with Crippen molar-refractivity contribution < 1.29 is 25.5 Å². The maximum Gasteiger partial charge on any atom is 0.128 e. The molecule has 0 aromatic heterocycles. The summed E-state index contributed by atoms with van der Waals surface area (Å²) in [7, 11) is 0. The highest BCUT2D eigenvalue weighted by molar-refractivity contribution is 5.42. The first kappa shape index (κ1) is 21.8. The molecule has 2 atom stereocenters. The Labute approximate surface area is 149 Å². The van der Waals surface area contributed by atoms with Crippen molar-refractivity contribution in [2.75, 3.05) is 13.2 Å². The number of phenolic OH excluding ortho intramolecular Hbond substituents is 1. The number of phenols is 1. The normalized spacial score (nSPS) is 13.8. The first-order valence-corrected chi connectivity index (χ1v) is 8.90. The van der Waals surface area contributed by atoms with Gasteiger partial charge in [-0.25, -0.2) is 0 Å². The van der Waals surface area contributed by atoms with Gasteiger partial charge < -0.3 is 25.5 Å². The highest BCUT2D eigenvalue weighted by Crippen LogP contribution is 2.24. The Morgan fingerprint density at radius 3 is 1.84 bits per heavy atom. The van der Waals surface area contributed by atoms with E-state index < -0.39 is 12.5 Å². The molecule has 7 nitrogen and oxygen atoms in total. The highest BCUT2D eigenvalue weighted by Gasteiger charge is 2.13. The SMILES string of the molecule is CCCCCCc1c(CNC(O)CO)cc(O)cc1CNC(O)CO. The molecule has 0 bridgehead atoms. The van der Waals surface area contributed by atoms with Crippen LogP contribution in [0.15, 0.2) is 12.1 Å². The largest absolute Gasteiger partial charge is 0.508 e. The lowest BCUT2D eigenvalue weighted by molar-refractivity contribution is 0.0660. The van der Waals surface area contributed by atoms with Crippen molar-refractivity contribution in [2.24, 2.45) is 0 Å². The van der Waals surface area contributed by atoms with Crippen molar-refractivity contribution in [3.63, 3.8) is 0 Å². The number of aliphatic hydroxyl groups excluding tert-OH is 4. The molecule has 0 aliphatic heterocycles. The van der Waals surface area contributed by atoms with E-state index >= 15 is 0 Å². The van der Waals surface area contributed by atoms with Gasteiger partial charge >= 0.3 is 0 Å². The van der Waals surface area contributed by atoms with Gasteiger partial charge in [0.2, 0.25) is 0 Å². The molecular weight excluding hydrogens is 324 g/mol. The molecular formula is C18H32N2O5. The summed E-state index contributed by atoms with van der Waals surface area (Å²) in [4.78, 5) is 0. The molecule has 0 amide bonds. The summed E-state index contributed by atoms with van der Waals surface area (Å²) in [5, 5.41) is 52.5. The van der Waals surface area contributed by atoms with E-state index in [1.165, 1.54) is 0 Å². The standard InChI is InChI=1S/C18H32N2O5/c1-2-3-4-5-6-16-13(9-19-17(24)11-21)7-15(23)8-14(16)10-20-18(25)12-22/h7-8,17-25H,2-6,9-12H2,1H3. The van der Waals surface area contributed by atoms with Gasteiger partial charge in [-0.05, 0) is 41.7 Å². The van der Waals surface area contributed by atoms with E-state index in [0.717, 1.165) is 48.8 Å². The van der Waals surface area contributed by atoms with Crippen LogP contribution in [-0.2, 0) is 19.5 Å². The summed E-state index contributed by atoms with van der Waals surface area (Å²) >= 11 is 0. The number of nitrogens with one attached hydrogen (secondary N) is 2. The quantitative estimate of drug-likeness (QED) is 0.200. The van der Waals surface area contributed by atoms with Gasteiger partial charge in [0.25, 0.3) is 0 Å². The first-order valence-electron chi connectivity index (χ1n) is 8.90. The number of benzene rings is 1. The Bertz CT molecular complexity index is 463. The van der Waals surface area contributed by atoms with Crippen molar-refractivity contribution in [2.45, 2.75) is 64.6 Å².